The Morgan fingerprint density at radius 1 is 1.11 bits per heavy atom. The Balaban J connectivity index is 1.46. The van der Waals surface area contributed by atoms with Gasteiger partial charge in [0.05, 0.1) is 41.9 Å². The lowest BCUT2D eigenvalue weighted by atomic mass is 10.2. The van der Waals surface area contributed by atoms with E-state index in [0.717, 1.165) is 5.56 Å². The van der Waals surface area contributed by atoms with Crippen molar-refractivity contribution < 1.29 is 19.0 Å². The van der Waals surface area contributed by atoms with Gasteiger partial charge in [0.15, 0.2) is 23.9 Å². The Hall–Kier alpha value is -4.02. The molecule has 5 rings (SSSR count). The second-order valence-electron chi connectivity index (χ2n) is 8.50. The molecule has 4 aromatic rings. The highest BCUT2D eigenvalue weighted by Gasteiger charge is 2.19. The molecule has 0 atom stereocenters. The van der Waals surface area contributed by atoms with E-state index in [1.807, 2.05) is 42.5 Å². The standard InChI is InChI=1S/C28H25BrN4O5/c1-36-24-16-19(15-22(29)26(24)38-18-25(34)32-11-13-37-14-12-32)17-30-33-27(20-7-3-2-4-8-20)31-23-10-6-5-9-21(23)28(33)35/h2-10,15-17H,11-14,18H2,1H3. The molecule has 0 bridgehead atoms. The Labute approximate surface area is 227 Å². The van der Waals surface area contributed by atoms with Crippen LogP contribution >= 0.6 is 15.9 Å². The van der Waals surface area contributed by atoms with E-state index in [0.29, 0.717) is 64.6 Å². The number of ether oxygens (including phenoxy) is 3. The minimum absolute atomic E-state index is 0.121. The van der Waals surface area contributed by atoms with E-state index in [9.17, 15) is 9.59 Å². The zero-order valence-electron chi connectivity index (χ0n) is 20.7. The first-order chi connectivity index (χ1) is 18.5. The predicted molar refractivity (Wildman–Crippen MR) is 148 cm³/mol. The van der Waals surface area contributed by atoms with Gasteiger partial charge in [-0.25, -0.2) is 4.98 Å². The van der Waals surface area contributed by atoms with Crippen molar-refractivity contribution in [3.8, 4) is 22.9 Å². The zero-order valence-corrected chi connectivity index (χ0v) is 22.3. The van der Waals surface area contributed by atoms with Crippen molar-refractivity contribution in [2.75, 3.05) is 40.0 Å². The summed E-state index contributed by atoms with van der Waals surface area (Å²) in [5.74, 6) is 1.13. The SMILES string of the molecule is COc1cc(C=Nn2c(-c3ccccc3)nc3ccccc3c2=O)cc(Br)c1OCC(=O)N1CCOCC1. The molecule has 3 aromatic carbocycles. The van der Waals surface area contributed by atoms with Crippen LogP contribution in [0.4, 0.5) is 0 Å². The molecule has 0 saturated carbocycles. The van der Waals surface area contributed by atoms with Crippen molar-refractivity contribution in [3.63, 3.8) is 0 Å². The molecule has 2 heterocycles. The number of halogens is 1. The summed E-state index contributed by atoms with van der Waals surface area (Å²) in [6, 6.07) is 20.1. The number of hydrogen-bond acceptors (Lipinski definition) is 7. The first-order valence-electron chi connectivity index (χ1n) is 12.0. The van der Waals surface area contributed by atoms with E-state index in [1.165, 1.54) is 11.8 Å². The first kappa shape index (κ1) is 25.6. The van der Waals surface area contributed by atoms with Crippen LogP contribution in [0.25, 0.3) is 22.3 Å². The van der Waals surface area contributed by atoms with Gasteiger partial charge in [0.25, 0.3) is 11.5 Å². The highest BCUT2D eigenvalue weighted by Crippen LogP contribution is 2.36. The van der Waals surface area contributed by atoms with E-state index in [4.69, 9.17) is 19.2 Å². The number of fused-ring (bicyclic) bond motifs is 1. The lowest BCUT2D eigenvalue weighted by Gasteiger charge is -2.26. The van der Waals surface area contributed by atoms with Crippen LogP contribution in [-0.2, 0) is 9.53 Å². The van der Waals surface area contributed by atoms with Crippen LogP contribution in [0.2, 0.25) is 0 Å². The summed E-state index contributed by atoms with van der Waals surface area (Å²) >= 11 is 3.52. The van der Waals surface area contributed by atoms with Gasteiger partial charge in [-0.05, 0) is 45.8 Å². The molecule has 10 heteroatoms. The first-order valence-corrected chi connectivity index (χ1v) is 12.8. The minimum atomic E-state index is -0.279. The number of rotatable bonds is 7. The maximum Gasteiger partial charge on any atom is 0.282 e. The van der Waals surface area contributed by atoms with Crippen molar-refractivity contribution >= 4 is 39.0 Å². The molecular weight excluding hydrogens is 552 g/mol. The van der Waals surface area contributed by atoms with Crippen LogP contribution in [0.15, 0.2) is 81.1 Å². The van der Waals surface area contributed by atoms with Gasteiger partial charge in [-0.15, -0.1) is 0 Å². The Kier molecular flexibility index (Phi) is 7.81. The summed E-state index contributed by atoms with van der Waals surface area (Å²) in [7, 11) is 1.52. The summed E-state index contributed by atoms with van der Waals surface area (Å²) in [5, 5.41) is 4.98. The van der Waals surface area contributed by atoms with E-state index >= 15 is 0 Å². The van der Waals surface area contributed by atoms with Crippen molar-refractivity contribution in [3.05, 3.63) is 87.1 Å². The molecular formula is C28H25BrN4O5. The number of amides is 1. The third-order valence-electron chi connectivity index (χ3n) is 6.06. The average molecular weight is 577 g/mol. The number of benzene rings is 3. The van der Waals surface area contributed by atoms with Crippen LogP contribution < -0.4 is 15.0 Å². The van der Waals surface area contributed by atoms with Gasteiger partial charge in [0.1, 0.15) is 0 Å². The van der Waals surface area contributed by atoms with E-state index in [2.05, 4.69) is 21.0 Å². The molecule has 0 aliphatic carbocycles. The van der Waals surface area contributed by atoms with Crippen molar-refractivity contribution in [1.82, 2.24) is 14.6 Å². The number of aromatic nitrogens is 2. The summed E-state index contributed by atoms with van der Waals surface area (Å²) in [6.45, 7) is 2.01. The average Bonchev–Trinajstić information content (AvgIpc) is 2.96. The summed E-state index contributed by atoms with van der Waals surface area (Å²) in [6.07, 6.45) is 1.56. The molecule has 38 heavy (non-hydrogen) atoms. The van der Waals surface area contributed by atoms with Gasteiger partial charge < -0.3 is 19.1 Å². The van der Waals surface area contributed by atoms with Crippen LogP contribution in [0, 0.1) is 0 Å². The summed E-state index contributed by atoms with van der Waals surface area (Å²) in [4.78, 5) is 32.3. The molecule has 0 radical (unpaired) electrons. The van der Waals surface area contributed by atoms with Gasteiger partial charge in [0, 0.05) is 18.7 Å². The Morgan fingerprint density at radius 3 is 2.61 bits per heavy atom. The number of methoxy groups -OCH3 is 1. The van der Waals surface area contributed by atoms with Gasteiger partial charge in [0.2, 0.25) is 0 Å². The van der Waals surface area contributed by atoms with Crippen molar-refractivity contribution in [2.45, 2.75) is 0 Å². The third kappa shape index (κ3) is 5.46. The maximum absolute atomic E-state index is 13.4. The lowest BCUT2D eigenvalue weighted by Crippen LogP contribution is -2.43. The molecule has 0 spiro atoms. The molecule has 194 valence electrons. The second-order valence-corrected chi connectivity index (χ2v) is 9.35. The fraction of sp³-hybridized carbons (Fsp3) is 0.214. The number of carbonyl (C=O) groups is 1. The molecule has 1 saturated heterocycles. The third-order valence-corrected chi connectivity index (χ3v) is 6.65. The van der Waals surface area contributed by atoms with Gasteiger partial charge in [-0.2, -0.15) is 9.78 Å². The molecule has 1 aromatic heterocycles. The van der Waals surface area contributed by atoms with Gasteiger partial charge >= 0.3 is 0 Å². The second kappa shape index (κ2) is 11.6. The van der Waals surface area contributed by atoms with Crippen LogP contribution in [0.5, 0.6) is 11.5 Å². The number of nitrogens with zero attached hydrogens (tertiary/aromatic N) is 4. The summed E-state index contributed by atoms with van der Waals surface area (Å²) in [5.41, 5.74) is 1.73. The highest BCUT2D eigenvalue weighted by molar-refractivity contribution is 9.10. The van der Waals surface area contributed by atoms with Crippen LogP contribution in [0.1, 0.15) is 5.56 Å². The fourth-order valence-corrected chi connectivity index (χ4v) is 4.70. The number of morpholine rings is 1. The smallest absolute Gasteiger partial charge is 0.282 e. The van der Waals surface area contributed by atoms with Crippen LogP contribution in [-0.4, -0.2) is 66.7 Å². The van der Waals surface area contributed by atoms with Gasteiger partial charge in [-0.1, -0.05) is 42.5 Å². The van der Waals surface area contributed by atoms with E-state index < -0.39 is 0 Å². The van der Waals surface area contributed by atoms with Crippen molar-refractivity contribution in [2.24, 2.45) is 5.10 Å². The fourth-order valence-electron chi connectivity index (χ4n) is 4.12. The monoisotopic (exact) mass is 576 g/mol. The van der Waals surface area contributed by atoms with E-state index in [-0.39, 0.29) is 18.1 Å². The molecule has 1 amide bonds. The molecule has 1 aliphatic heterocycles. The Morgan fingerprint density at radius 2 is 1.84 bits per heavy atom. The largest absolute Gasteiger partial charge is 0.493 e. The topological polar surface area (TPSA) is 95.2 Å². The molecule has 9 nitrogen and oxygen atoms in total. The zero-order chi connectivity index (χ0) is 26.5. The lowest BCUT2D eigenvalue weighted by molar-refractivity contribution is -0.137. The number of carbonyl (C=O) groups excluding carboxylic acids is 1. The van der Waals surface area contributed by atoms with E-state index in [1.54, 1.807) is 35.4 Å². The normalized spacial score (nSPS) is 13.7. The highest BCUT2D eigenvalue weighted by atomic mass is 79.9. The number of hydrogen-bond donors (Lipinski definition) is 0. The van der Waals surface area contributed by atoms with Crippen molar-refractivity contribution in [1.29, 1.82) is 0 Å². The van der Waals surface area contributed by atoms with Crippen LogP contribution in [0.3, 0.4) is 0 Å². The minimum Gasteiger partial charge on any atom is -0.493 e. The number of para-hydroxylation sites is 1. The quantitative estimate of drug-likeness (QED) is 0.309. The van der Waals surface area contributed by atoms with Gasteiger partial charge in [-0.3, -0.25) is 9.59 Å². The molecule has 1 fully saturated rings. The maximum atomic E-state index is 13.4. The molecule has 0 unspecified atom stereocenters. The molecule has 0 N–H and O–H groups in total. The molecule has 1 aliphatic rings. The predicted octanol–water partition coefficient (Wildman–Crippen LogP) is 3.95. The Bertz CT molecular complexity index is 1550. The summed E-state index contributed by atoms with van der Waals surface area (Å²) < 4.78 is 18.5.